The first-order valence-corrected chi connectivity index (χ1v) is 13.1. The Bertz CT molecular complexity index is 1310. The van der Waals surface area contributed by atoms with Crippen LogP contribution in [0.25, 0.3) is 11.1 Å². The Morgan fingerprint density at radius 1 is 0.944 bits per heavy atom. The van der Waals surface area contributed by atoms with Gasteiger partial charge in [-0.2, -0.15) is 0 Å². The number of hydrogen-bond donors (Lipinski definition) is 1. The van der Waals surface area contributed by atoms with Gasteiger partial charge in [-0.05, 0) is 109 Å². The maximum atomic E-state index is 11.2. The fourth-order valence-corrected chi connectivity index (χ4v) is 7.42. The van der Waals surface area contributed by atoms with Crippen molar-refractivity contribution in [3.63, 3.8) is 0 Å². The van der Waals surface area contributed by atoms with Crippen LogP contribution < -0.4 is 4.74 Å². The van der Waals surface area contributed by atoms with Crippen molar-refractivity contribution in [3.05, 3.63) is 83.4 Å². The van der Waals surface area contributed by atoms with Crippen molar-refractivity contribution >= 4 is 17.9 Å². The fraction of sp³-hybridized carbons (Fsp3) is 0.375. The Kier molecular flexibility index (Phi) is 5.60. The van der Waals surface area contributed by atoms with Gasteiger partial charge in [0.15, 0.2) is 0 Å². The molecule has 4 fully saturated rings. The molecule has 0 radical (unpaired) electrons. The number of aryl methyl sites for hydroxylation is 1. The van der Waals surface area contributed by atoms with Gasteiger partial charge in [0, 0.05) is 13.1 Å². The number of rotatable bonds is 5. The zero-order valence-corrected chi connectivity index (χ0v) is 21.0. The van der Waals surface area contributed by atoms with E-state index in [9.17, 15) is 9.90 Å². The molecule has 2 unspecified atom stereocenters. The number of ether oxygens (including phenoxy) is 1. The van der Waals surface area contributed by atoms with Gasteiger partial charge in [-0.3, -0.25) is 9.79 Å². The van der Waals surface area contributed by atoms with E-state index in [1.54, 1.807) is 0 Å². The number of aliphatic hydroxyl groups is 1. The van der Waals surface area contributed by atoms with Crippen molar-refractivity contribution in [3.8, 4) is 16.9 Å². The van der Waals surface area contributed by atoms with Gasteiger partial charge in [0.2, 0.25) is 0 Å². The van der Waals surface area contributed by atoms with Gasteiger partial charge in [-0.25, -0.2) is 0 Å². The molecule has 4 nitrogen and oxygen atoms in total. The second-order valence-corrected chi connectivity index (χ2v) is 11.5. The number of nitrogens with zero attached hydrogens (tertiary/aromatic N) is 1. The van der Waals surface area contributed by atoms with E-state index in [1.807, 2.05) is 30.5 Å². The second kappa shape index (κ2) is 8.70. The van der Waals surface area contributed by atoms with E-state index in [4.69, 9.17) is 9.73 Å². The minimum absolute atomic E-state index is 0.115. The lowest BCUT2D eigenvalue weighted by atomic mass is 9.46. The minimum Gasteiger partial charge on any atom is -0.427 e. The molecule has 4 bridgehead atoms. The van der Waals surface area contributed by atoms with Crippen LogP contribution in [0.5, 0.6) is 5.75 Å². The Labute approximate surface area is 213 Å². The Morgan fingerprint density at radius 3 is 2.19 bits per heavy atom. The lowest BCUT2D eigenvalue weighted by Gasteiger charge is -2.60. The summed E-state index contributed by atoms with van der Waals surface area (Å²) >= 11 is 0. The molecule has 4 atom stereocenters. The van der Waals surface area contributed by atoms with E-state index in [0.29, 0.717) is 17.6 Å². The summed E-state index contributed by atoms with van der Waals surface area (Å²) in [7, 11) is 0. The van der Waals surface area contributed by atoms with Crippen LogP contribution in [0.15, 0.2) is 71.7 Å². The van der Waals surface area contributed by atoms with Crippen LogP contribution in [-0.4, -0.2) is 22.9 Å². The summed E-state index contributed by atoms with van der Waals surface area (Å²) in [5, 5.41) is 11.2. The first kappa shape index (κ1) is 23.2. The SMILES string of the molecule is CC(=O)Oc1ccc(-c2ccc(C=Nc3cc(C45C[C@@H]6C[C@@H](CC(O)(C6)C4)C5)ccc3C)cc2)cc1. The topological polar surface area (TPSA) is 58.9 Å². The molecule has 3 aromatic carbocycles. The highest BCUT2D eigenvalue weighted by atomic mass is 16.5. The molecule has 0 heterocycles. The first-order valence-electron chi connectivity index (χ1n) is 13.1. The van der Waals surface area contributed by atoms with Crippen LogP contribution in [0.4, 0.5) is 5.69 Å². The number of benzene rings is 3. The zero-order valence-electron chi connectivity index (χ0n) is 21.0. The molecule has 0 amide bonds. The lowest BCUT2D eigenvalue weighted by molar-refractivity contribution is -0.137. The Balaban J connectivity index is 1.21. The van der Waals surface area contributed by atoms with Crippen molar-refractivity contribution in [1.29, 1.82) is 0 Å². The molecule has 0 spiro atoms. The van der Waals surface area contributed by atoms with E-state index < -0.39 is 5.60 Å². The molecule has 1 N–H and O–H groups in total. The third-order valence-corrected chi connectivity index (χ3v) is 8.56. The van der Waals surface area contributed by atoms with Gasteiger partial charge in [-0.15, -0.1) is 0 Å². The van der Waals surface area contributed by atoms with E-state index in [2.05, 4.69) is 49.4 Å². The second-order valence-electron chi connectivity index (χ2n) is 11.5. The Hall–Kier alpha value is -3.24. The summed E-state index contributed by atoms with van der Waals surface area (Å²) in [4.78, 5) is 16.0. The quantitative estimate of drug-likeness (QED) is 0.245. The molecule has 36 heavy (non-hydrogen) atoms. The summed E-state index contributed by atoms with van der Waals surface area (Å²) in [6, 6.07) is 22.6. The van der Waals surface area contributed by atoms with Crippen LogP contribution in [0.1, 0.15) is 62.1 Å². The summed E-state index contributed by atoms with van der Waals surface area (Å²) in [6.45, 7) is 3.52. The largest absolute Gasteiger partial charge is 0.427 e. The molecule has 3 aromatic rings. The van der Waals surface area contributed by atoms with Crippen molar-refractivity contribution in [2.75, 3.05) is 0 Å². The monoisotopic (exact) mass is 479 g/mol. The molecule has 4 heteroatoms. The average Bonchev–Trinajstić information content (AvgIpc) is 2.82. The third kappa shape index (κ3) is 4.39. The number of aliphatic imine (C=N–C) groups is 1. The molecule has 4 aliphatic rings. The maximum absolute atomic E-state index is 11.2. The van der Waals surface area contributed by atoms with Crippen molar-refractivity contribution in [2.45, 2.75) is 63.4 Å². The number of esters is 1. The van der Waals surface area contributed by atoms with Crippen molar-refractivity contribution < 1.29 is 14.6 Å². The van der Waals surface area contributed by atoms with Crippen LogP contribution in [0.3, 0.4) is 0 Å². The summed E-state index contributed by atoms with van der Waals surface area (Å²) < 4.78 is 5.12. The molecule has 4 aliphatic carbocycles. The van der Waals surface area contributed by atoms with Crippen LogP contribution in [0, 0.1) is 18.8 Å². The van der Waals surface area contributed by atoms with Gasteiger partial charge in [-0.1, -0.05) is 48.5 Å². The van der Waals surface area contributed by atoms with Gasteiger partial charge in [0.25, 0.3) is 0 Å². The van der Waals surface area contributed by atoms with E-state index >= 15 is 0 Å². The van der Waals surface area contributed by atoms with Gasteiger partial charge in [0.05, 0.1) is 11.3 Å². The zero-order chi connectivity index (χ0) is 24.9. The van der Waals surface area contributed by atoms with Crippen LogP contribution >= 0.6 is 0 Å². The standard InChI is InChI=1S/C32H33NO3/c1-21-3-10-28(31-15-24-13-25(16-31)18-32(35,17-24)20-31)14-30(21)33-19-23-4-6-26(7-5-23)27-8-11-29(12-9-27)36-22(2)34/h3-12,14,19,24-25,35H,13,15-18,20H2,1-2H3/t24-,25+,31?,32?. The highest BCUT2D eigenvalue weighted by Crippen LogP contribution is 2.62. The molecule has 0 aliphatic heterocycles. The molecular formula is C32H33NO3. The molecule has 184 valence electrons. The molecule has 0 aromatic heterocycles. The molecular weight excluding hydrogens is 446 g/mol. The van der Waals surface area contributed by atoms with Crippen LogP contribution in [0.2, 0.25) is 0 Å². The highest BCUT2D eigenvalue weighted by molar-refractivity contribution is 5.83. The number of carbonyl (C=O) groups is 1. The summed E-state index contributed by atoms with van der Waals surface area (Å²) in [6.07, 6.45) is 8.55. The van der Waals surface area contributed by atoms with E-state index in [0.717, 1.165) is 41.6 Å². The molecule has 4 saturated carbocycles. The lowest BCUT2D eigenvalue weighted by Crippen LogP contribution is -2.57. The number of hydrogen-bond acceptors (Lipinski definition) is 4. The molecule has 7 rings (SSSR count). The predicted molar refractivity (Wildman–Crippen MR) is 143 cm³/mol. The van der Waals surface area contributed by atoms with Gasteiger partial charge in [0.1, 0.15) is 5.75 Å². The smallest absolute Gasteiger partial charge is 0.308 e. The predicted octanol–water partition coefficient (Wildman–Crippen LogP) is 6.92. The fourth-order valence-electron chi connectivity index (χ4n) is 7.42. The third-order valence-electron chi connectivity index (χ3n) is 8.56. The Morgan fingerprint density at radius 2 is 1.58 bits per heavy atom. The first-order chi connectivity index (χ1) is 17.3. The van der Waals surface area contributed by atoms with Crippen molar-refractivity contribution in [1.82, 2.24) is 0 Å². The van der Waals surface area contributed by atoms with Crippen molar-refractivity contribution in [2.24, 2.45) is 16.8 Å². The van der Waals surface area contributed by atoms with E-state index in [1.165, 1.54) is 37.3 Å². The number of carbonyl (C=O) groups excluding carboxylic acids is 1. The average molecular weight is 480 g/mol. The van der Waals surface area contributed by atoms with Gasteiger partial charge >= 0.3 is 5.97 Å². The maximum Gasteiger partial charge on any atom is 0.308 e. The van der Waals surface area contributed by atoms with Crippen LogP contribution in [-0.2, 0) is 10.2 Å². The normalized spacial score (nSPS) is 28.5. The summed E-state index contributed by atoms with van der Waals surface area (Å²) in [5.74, 6) is 1.57. The summed E-state index contributed by atoms with van der Waals surface area (Å²) in [5.41, 5.74) is 6.41. The van der Waals surface area contributed by atoms with E-state index in [-0.39, 0.29) is 11.4 Å². The van der Waals surface area contributed by atoms with Gasteiger partial charge < -0.3 is 9.84 Å². The highest BCUT2D eigenvalue weighted by Gasteiger charge is 2.57. The minimum atomic E-state index is -0.457. The molecule has 0 saturated heterocycles.